The number of hydrogen-bond acceptors (Lipinski definition) is 4. The number of fused-ring (bicyclic) bond motifs is 1. The lowest BCUT2D eigenvalue weighted by atomic mass is 9.79. The number of aromatic nitrogens is 1. The average Bonchev–Trinajstić information content (AvgIpc) is 2.98. The zero-order valence-electron chi connectivity index (χ0n) is 18.0. The van der Waals surface area contributed by atoms with Crippen LogP contribution in [0.4, 0.5) is 0 Å². The molecule has 164 valence electrons. The second-order valence-electron chi connectivity index (χ2n) is 8.65. The number of carbonyl (C=O) groups is 3. The van der Waals surface area contributed by atoms with E-state index in [0.717, 1.165) is 18.2 Å². The molecule has 7 nitrogen and oxygen atoms in total. The van der Waals surface area contributed by atoms with Crippen LogP contribution < -0.4 is 10.5 Å². The number of Topliss-reactive ketones (excluding diaryl/α,β-unsaturated/α-hetero) is 1. The van der Waals surface area contributed by atoms with Crippen molar-refractivity contribution in [2.45, 2.75) is 53.0 Å². The van der Waals surface area contributed by atoms with Crippen molar-refractivity contribution in [1.29, 1.82) is 0 Å². The molecule has 2 rings (SSSR count). The van der Waals surface area contributed by atoms with Crippen LogP contribution in [0.1, 0.15) is 56.6 Å². The molecule has 0 saturated carbocycles. The van der Waals surface area contributed by atoms with Crippen LogP contribution in [0.2, 0.25) is 0 Å². The number of carbonyl (C=O) groups excluding carboxylic acids is 2. The Morgan fingerprint density at radius 3 is 2.37 bits per heavy atom. The summed E-state index contributed by atoms with van der Waals surface area (Å²) in [5.74, 6) is -2.78. The normalized spacial score (nSPS) is 13.8. The minimum Gasteiger partial charge on any atom is -0.481 e. The van der Waals surface area contributed by atoms with E-state index < -0.39 is 24.3 Å². The van der Waals surface area contributed by atoms with E-state index in [4.69, 9.17) is 15.6 Å². The van der Waals surface area contributed by atoms with E-state index in [1.54, 1.807) is 19.1 Å². The standard InChI is InChI=1S/C22H29BrN2O5/c1-6-22(5,11-21(3,4)12-23)25-13(2)17(19(28)20(24)29)18-14(25)8-7-9-15(18)30-10-16(26)27/h7-9H,6,10-12H2,1-5H3,(H2,24,29)(H,26,27). The molecule has 0 aliphatic carbocycles. The molecule has 8 heteroatoms. The molecule has 1 aromatic carbocycles. The van der Waals surface area contributed by atoms with Gasteiger partial charge in [-0.1, -0.05) is 42.8 Å². The number of carboxylic acids is 1. The molecule has 0 aliphatic heterocycles. The highest BCUT2D eigenvalue weighted by Gasteiger charge is 2.37. The highest BCUT2D eigenvalue weighted by molar-refractivity contribution is 9.09. The predicted molar refractivity (Wildman–Crippen MR) is 119 cm³/mol. The Morgan fingerprint density at radius 1 is 1.23 bits per heavy atom. The Kier molecular flexibility index (Phi) is 7.01. The summed E-state index contributed by atoms with van der Waals surface area (Å²) in [6.07, 6.45) is 1.58. The molecule has 0 bridgehead atoms. The number of aliphatic carboxylic acids is 1. The Bertz CT molecular complexity index is 995. The molecule has 0 saturated heterocycles. The summed E-state index contributed by atoms with van der Waals surface area (Å²) in [4.78, 5) is 35.6. The molecule has 2 aromatic rings. The van der Waals surface area contributed by atoms with Crippen LogP contribution >= 0.6 is 15.9 Å². The van der Waals surface area contributed by atoms with Gasteiger partial charge in [0.1, 0.15) is 5.75 Å². The van der Waals surface area contributed by atoms with Gasteiger partial charge in [-0.3, -0.25) is 9.59 Å². The number of nitrogens with zero attached hydrogens (tertiary/aromatic N) is 1. The van der Waals surface area contributed by atoms with E-state index >= 15 is 0 Å². The number of nitrogens with two attached hydrogens (primary N) is 1. The van der Waals surface area contributed by atoms with Crippen LogP contribution in [0, 0.1) is 12.3 Å². The van der Waals surface area contributed by atoms with Gasteiger partial charge in [0.15, 0.2) is 6.61 Å². The van der Waals surface area contributed by atoms with Crippen LogP contribution in [-0.4, -0.2) is 39.3 Å². The van der Waals surface area contributed by atoms with Crippen LogP contribution in [0.3, 0.4) is 0 Å². The zero-order valence-corrected chi connectivity index (χ0v) is 19.6. The molecule has 1 aromatic heterocycles. The van der Waals surface area contributed by atoms with E-state index in [2.05, 4.69) is 48.2 Å². The molecule has 3 N–H and O–H groups in total. The topological polar surface area (TPSA) is 112 Å². The summed E-state index contributed by atoms with van der Waals surface area (Å²) in [6.45, 7) is 9.74. The Morgan fingerprint density at radius 2 is 1.87 bits per heavy atom. The van der Waals surface area contributed by atoms with Gasteiger partial charge in [-0.2, -0.15) is 0 Å². The number of carboxylic acid groups (broad SMARTS) is 1. The number of hydrogen-bond donors (Lipinski definition) is 2. The molecule has 0 fully saturated rings. The number of halogens is 1. The Balaban J connectivity index is 2.88. The molecular weight excluding hydrogens is 452 g/mol. The number of benzene rings is 1. The maximum atomic E-state index is 12.8. The number of ketones is 1. The average molecular weight is 481 g/mol. The van der Waals surface area contributed by atoms with Crippen molar-refractivity contribution in [2.24, 2.45) is 11.1 Å². The van der Waals surface area contributed by atoms with Crippen molar-refractivity contribution in [1.82, 2.24) is 4.57 Å². The Labute approximate surface area is 184 Å². The summed E-state index contributed by atoms with van der Waals surface area (Å²) >= 11 is 3.59. The first-order chi connectivity index (χ1) is 13.9. The third-order valence-corrected chi connectivity index (χ3v) is 7.03. The maximum Gasteiger partial charge on any atom is 0.341 e. The van der Waals surface area contributed by atoms with Gasteiger partial charge in [-0.15, -0.1) is 0 Å². The predicted octanol–water partition coefficient (Wildman–Crippen LogP) is 4.02. The first-order valence-electron chi connectivity index (χ1n) is 9.77. The van der Waals surface area contributed by atoms with E-state index in [0.29, 0.717) is 16.6 Å². The smallest absolute Gasteiger partial charge is 0.341 e. The summed E-state index contributed by atoms with van der Waals surface area (Å²) < 4.78 is 7.53. The maximum absolute atomic E-state index is 12.8. The summed E-state index contributed by atoms with van der Waals surface area (Å²) in [6, 6.07) is 5.20. The van der Waals surface area contributed by atoms with Gasteiger partial charge >= 0.3 is 5.97 Å². The number of primary amides is 1. The van der Waals surface area contributed by atoms with Crippen molar-refractivity contribution in [3.05, 3.63) is 29.5 Å². The molecule has 30 heavy (non-hydrogen) atoms. The van der Waals surface area contributed by atoms with Crippen molar-refractivity contribution >= 4 is 44.5 Å². The molecule has 0 aliphatic rings. The van der Waals surface area contributed by atoms with Crippen LogP contribution in [0.25, 0.3) is 10.9 Å². The minimum atomic E-state index is -1.14. The lowest BCUT2D eigenvalue weighted by Crippen LogP contribution is -2.36. The van der Waals surface area contributed by atoms with Gasteiger partial charge < -0.3 is 20.1 Å². The van der Waals surface area contributed by atoms with Gasteiger partial charge in [-0.25, -0.2) is 4.79 Å². The third kappa shape index (κ3) is 4.53. The summed E-state index contributed by atoms with van der Waals surface area (Å²) in [7, 11) is 0. The minimum absolute atomic E-state index is 0.0287. The molecular formula is C22H29BrN2O5. The molecule has 1 atom stereocenters. The van der Waals surface area contributed by atoms with Gasteiger partial charge in [0, 0.05) is 16.6 Å². The highest BCUT2D eigenvalue weighted by Crippen LogP contribution is 2.43. The number of amides is 1. The van der Waals surface area contributed by atoms with Crippen molar-refractivity contribution in [2.75, 3.05) is 11.9 Å². The van der Waals surface area contributed by atoms with E-state index in [1.165, 1.54) is 0 Å². The van der Waals surface area contributed by atoms with E-state index in [9.17, 15) is 14.4 Å². The SMILES string of the molecule is CCC(C)(CC(C)(C)CBr)n1c(C)c(C(=O)C(N)=O)c2c(OCC(=O)O)cccc21. The first kappa shape index (κ1) is 23.9. The van der Waals surface area contributed by atoms with E-state index in [-0.39, 0.29) is 22.3 Å². The van der Waals surface area contributed by atoms with Gasteiger partial charge in [0.25, 0.3) is 11.7 Å². The van der Waals surface area contributed by atoms with Gasteiger partial charge in [0.05, 0.1) is 16.5 Å². The quantitative estimate of drug-likeness (QED) is 0.303. The van der Waals surface area contributed by atoms with Crippen LogP contribution in [-0.2, 0) is 15.1 Å². The second kappa shape index (κ2) is 8.79. The molecule has 1 unspecified atom stereocenters. The lowest BCUT2D eigenvalue weighted by molar-refractivity contribution is -0.139. The van der Waals surface area contributed by atoms with Crippen molar-refractivity contribution < 1.29 is 24.2 Å². The highest BCUT2D eigenvalue weighted by atomic mass is 79.9. The monoisotopic (exact) mass is 480 g/mol. The van der Waals surface area contributed by atoms with Gasteiger partial charge in [0.2, 0.25) is 0 Å². The van der Waals surface area contributed by atoms with Crippen molar-refractivity contribution in [3.8, 4) is 5.75 Å². The van der Waals surface area contributed by atoms with Crippen molar-refractivity contribution in [3.63, 3.8) is 0 Å². The largest absolute Gasteiger partial charge is 0.481 e. The Hall–Kier alpha value is -2.35. The fourth-order valence-corrected chi connectivity index (χ4v) is 4.43. The number of ether oxygens (including phenoxy) is 1. The fourth-order valence-electron chi connectivity index (χ4n) is 4.23. The molecule has 0 radical (unpaired) electrons. The van der Waals surface area contributed by atoms with Gasteiger partial charge in [-0.05, 0) is 44.2 Å². The second-order valence-corrected chi connectivity index (χ2v) is 9.21. The fraction of sp³-hybridized carbons (Fsp3) is 0.500. The first-order valence-corrected chi connectivity index (χ1v) is 10.9. The van der Waals surface area contributed by atoms with Crippen LogP contribution in [0.5, 0.6) is 5.75 Å². The van der Waals surface area contributed by atoms with Crippen LogP contribution in [0.15, 0.2) is 18.2 Å². The number of rotatable bonds is 10. The summed E-state index contributed by atoms with van der Waals surface area (Å²) in [5, 5.41) is 10.2. The van der Waals surface area contributed by atoms with E-state index in [1.807, 2.05) is 6.07 Å². The summed E-state index contributed by atoms with van der Waals surface area (Å²) in [5.41, 5.74) is 6.40. The third-order valence-electron chi connectivity index (χ3n) is 5.52. The molecule has 1 amide bonds. The molecule has 1 heterocycles. The zero-order chi connectivity index (χ0) is 22.9. The number of alkyl halides is 1. The lowest BCUT2D eigenvalue weighted by Gasteiger charge is -2.39. The molecule has 0 spiro atoms.